The van der Waals surface area contributed by atoms with Gasteiger partial charge in [0.05, 0.1) is 5.69 Å². The van der Waals surface area contributed by atoms with Crippen molar-refractivity contribution >= 4 is 0 Å². The Bertz CT molecular complexity index is 930. The van der Waals surface area contributed by atoms with Crippen LogP contribution in [0.5, 0.6) is 0 Å². The summed E-state index contributed by atoms with van der Waals surface area (Å²) in [5.74, 6) is 0. The van der Waals surface area contributed by atoms with E-state index in [1.54, 1.807) is 0 Å². The molecular formula is C23H27N3O. The second-order valence-electron chi connectivity index (χ2n) is 7.76. The van der Waals surface area contributed by atoms with E-state index in [9.17, 15) is 5.11 Å². The predicted octanol–water partition coefficient (Wildman–Crippen LogP) is 3.80. The smallest absolute Gasteiger partial charge is 0.103 e. The average Bonchev–Trinajstić information content (AvgIpc) is 3.19. The molecule has 2 heterocycles. The molecule has 0 bridgehead atoms. The maximum Gasteiger partial charge on any atom is 0.103 e. The number of hydrogen-bond acceptors (Lipinski definition) is 3. The van der Waals surface area contributed by atoms with Crippen molar-refractivity contribution in [2.75, 3.05) is 13.1 Å². The van der Waals surface area contributed by atoms with Crippen LogP contribution in [0.4, 0.5) is 0 Å². The first-order valence-corrected chi connectivity index (χ1v) is 9.56. The van der Waals surface area contributed by atoms with Crippen LogP contribution >= 0.6 is 0 Å². The largest absolute Gasteiger partial charge is 0.384 e. The average molecular weight is 361 g/mol. The van der Waals surface area contributed by atoms with Crippen molar-refractivity contribution in [3.63, 3.8) is 0 Å². The molecule has 4 rings (SSSR count). The minimum atomic E-state index is -0.767. The molecule has 2 aromatic carbocycles. The zero-order valence-electron chi connectivity index (χ0n) is 16.3. The lowest BCUT2D eigenvalue weighted by molar-refractivity contribution is 0.0453. The van der Waals surface area contributed by atoms with Gasteiger partial charge < -0.3 is 5.11 Å². The van der Waals surface area contributed by atoms with Crippen LogP contribution in [0.25, 0.3) is 11.3 Å². The first-order valence-electron chi connectivity index (χ1n) is 9.56. The summed E-state index contributed by atoms with van der Waals surface area (Å²) < 4.78 is 1.96. The molecule has 140 valence electrons. The molecule has 1 aromatic heterocycles. The van der Waals surface area contributed by atoms with Crippen molar-refractivity contribution < 1.29 is 5.11 Å². The van der Waals surface area contributed by atoms with Gasteiger partial charge in [0.2, 0.25) is 0 Å². The van der Waals surface area contributed by atoms with Crippen LogP contribution in [-0.2, 0) is 19.2 Å². The number of benzene rings is 2. The molecule has 0 aliphatic carbocycles. The van der Waals surface area contributed by atoms with Crippen LogP contribution < -0.4 is 0 Å². The zero-order chi connectivity index (χ0) is 19.0. The van der Waals surface area contributed by atoms with Gasteiger partial charge in [0.1, 0.15) is 5.60 Å². The highest BCUT2D eigenvalue weighted by atomic mass is 16.3. The quantitative estimate of drug-likeness (QED) is 0.768. The Morgan fingerprint density at radius 1 is 1.04 bits per heavy atom. The normalized spacial score (nSPS) is 20.3. The van der Waals surface area contributed by atoms with E-state index in [1.807, 2.05) is 17.8 Å². The molecule has 1 aliphatic rings. The first kappa shape index (κ1) is 18.0. The van der Waals surface area contributed by atoms with Crippen LogP contribution in [0.15, 0.2) is 54.6 Å². The molecule has 1 atom stereocenters. The third-order valence-corrected chi connectivity index (χ3v) is 5.80. The molecule has 1 aliphatic heterocycles. The van der Waals surface area contributed by atoms with E-state index >= 15 is 0 Å². The molecule has 3 aromatic rings. The van der Waals surface area contributed by atoms with Crippen LogP contribution in [0.1, 0.15) is 28.8 Å². The van der Waals surface area contributed by atoms with Gasteiger partial charge in [-0.2, -0.15) is 5.10 Å². The summed E-state index contributed by atoms with van der Waals surface area (Å²) in [7, 11) is 2.00. The lowest BCUT2D eigenvalue weighted by Crippen LogP contribution is -2.30. The number of likely N-dealkylation sites (tertiary alicyclic amines) is 1. The highest BCUT2D eigenvalue weighted by Gasteiger charge is 2.38. The lowest BCUT2D eigenvalue weighted by Gasteiger charge is -2.24. The van der Waals surface area contributed by atoms with Gasteiger partial charge >= 0.3 is 0 Å². The minimum Gasteiger partial charge on any atom is -0.384 e. The van der Waals surface area contributed by atoms with E-state index in [1.165, 1.54) is 16.8 Å². The number of aliphatic hydroxyl groups is 1. The lowest BCUT2D eigenvalue weighted by atomic mass is 9.92. The van der Waals surface area contributed by atoms with E-state index in [0.717, 1.165) is 36.3 Å². The highest BCUT2D eigenvalue weighted by molar-refractivity contribution is 5.64. The van der Waals surface area contributed by atoms with Crippen molar-refractivity contribution in [2.45, 2.75) is 32.4 Å². The van der Waals surface area contributed by atoms with Crippen molar-refractivity contribution in [3.8, 4) is 11.3 Å². The van der Waals surface area contributed by atoms with Crippen LogP contribution in [0, 0.1) is 13.8 Å². The monoisotopic (exact) mass is 361 g/mol. The third-order valence-electron chi connectivity index (χ3n) is 5.80. The third kappa shape index (κ3) is 3.43. The molecule has 0 spiro atoms. The molecule has 1 saturated heterocycles. The predicted molar refractivity (Wildman–Crippen MR) is 108 cm³/mol. The molecule has 4 heteroatoms. The summed E-state index contributed by atoms with van der Waals surface area (Å²) in [4.78, 5) is 2.34. The van der Waals surface area contributed by atoms with Crippen LogP contribution in [-0.4, -0.2) is 32.9 Å². The van der Waals surface area contributed by atoms with Gasteiger partial charge in [-0.1, -0.05) is 60.2 Å². The molecule has 0 saturated carbocycles. The molecule has 0 radical (unpaired) electrons. The maximum atomic E-state index is 11.2. The Balaban J connectivity index is 1.58. The van der Waals surface area contributed by atoms with Crippen molar-refractivity contribution in [1.29, 1.82) is 0 Å². The van der Waals surface area contributed by atoms with Gasteiger partial charge in [-0.05, 0) is 25.8 Å². The highest BCUT2D eigenvalue weighted by Crippen LogP contribution is 2.34. The van der Waals surface area contributed by atoms with E-state index in [4.69, 9.17) is 5.10 Å². The summed E-state index contributed by atoms with van der Waals surface area (Å²) in [5, 5.41) is 16.0. The number of aromatic nitrogens is 2. The summed E-state index contributed by atoms with van der Waals surface area (Å²) in [6.07, 6.45) is 0.760. The summed E-state index contributed by atoms with van der Waals surface area (Å²) in [5.41, 5.74) is 6.08. The molecule has 1 unspecified atom stereocenters. The number of hydrogen-bond donors (Lipinski definition) is 1. The Morgan fingerprint density at radius 3 is 2.44 bits per heavy atom. The summed E-state index contributed by atoms with van der Waals surface area (Å²) >= 11 is 0. The standard InChI is InChI=1S/C23H27N3O/c1-17-9-11-20(12-10-17)23(27)13-14-26(16-23)15-21-18(2)25(3)24-22(21)19-7-5-4-6-8-19/h4-12,27H,13-16H2,1-3H3. The van der Waals surface area contributed by atoms with Gasteiger partial charge in [0, 0.05) is 43.5 Å². The maximum absolute atomic E-state index is 11.2. The number of aryl methyl sites for hydroxylation is 2. The summed E-state index contributed by atoms with van der Waals surface area (Å²) in [6.45, 7) is 6.53. The fourth-order valence-corrected chi connectivity index (χ4v) is 4.00. The zero-order valence-corrected chi connectivity index (χ0v) is 16.3. The van der Waals surface area contributed by atoms with Crippen LogP contribution in [0.2, 0.25) is 0 Å². The molecule has 27 heavy (non-hydrogen) atoms. The Labute approximate surface area is 161 Å². The molecule has 4 nitrogen and oxygen atoms in total. The SMILES string of the molecule is Cc1ccc(C2(O)CCN(Cc3c(-c4ccccc4)nn(C)c3C)C2)cc1. The summed E-state index contributed by atoms with van der Waals surface area (Å²) in [6, 6.07) is 18.6. The van der Waals surface area contributed by atoms with E-state index in [2.05, 4.69) is 67.3 Å². The Morgan fingerprint density at radius 2 is 1.74 bits per heavy atom. The molecule has 1 fully saturated rings. The fraction of sp³-hybridized carbons (Fsp3) is 0.348. The van der Waals surface area contributed by atoms with E-state index in [0.29, 0.717) is 6.54 Å². The van der Waals surface area contributed by atoms with Crippen molar-refractivity contribution in [3.05, 3.63) is 77.0 Å². The number of rotatable bonds is 4. The van der Waals surface area contributed by atoms with Crippen molar-refractivity contribution in [1.82, 2.24) is 14.7 Å². The Kier molecular flexibility index (Phi) is 4.62. The fourth-order valence-electron chi connectivity index (χ4n) is 4.00. The first-order chi connectivity index (χ1) is 13.0. The molecule has 0 amide bonds. The topological polar surface area (TPSA) is 41.3 Å². The molecular weight excluding hydrogens is 334 g/mol. The second-order valence-corrected chi connectivity index (χ2v) is 7.76. The number of β-amino-alcohol motifs (C(OH)–C–C–N with tert-alkyl or cyclic N) is 1. The second kappa shape index (κ2) is 6.95. The van der Waals surface area contributed by atoms with Gasteiger partial charge in [0.25, 0.3) is 0 Å². The Hall–Kier alpha value is -2.43. The van der Waals surface area contributed by atoms with Gasteiger partial charge in [0.15, 0.2) is 0 Å². The van der Waals surface area contributed by atoms with Crippen molar-refractivity contribution in [2.24, 2.45) is 7.05 Å². The van der Waals surface area contributed by atoms with E-state index in [-0.39, 0.29) is 0 Å². The number of nitrogens with zero attached hydrogens (tertiary/aromatic N) is 3. The van der Waals surface area contributed by atoms with Crippen LogP contribution in [0.3, 0.4) is 0 Å². The van der Waals surface area contributed by atoms with Gasteiger partial charge in [-0.15, -0.1) is 0 Å². The van der Waals surface area contributed by atoms with Gasteiger partial charge in [-0.25, -0.2) is 0 Å². The van der Waals surface area contributed by atoms with Gasteiger partial charge in [-0.3, -0.25) is 9.58 Å². The molecule has 1 N–H and O–H groups in total. The minimum absolute atomic E-state index is 0.651. The van der Waals surface area contributed by atoms with E-state index < -0.39 is 5.60 Å².